The Morgan fingerprint density at radius 2 is 1.63 bits per heavy atom. The monoisotopic (exact) mass is 441 g/mol. The minimum Gasteiger partial charge on any atom is -0.406 e. The Hall–Kier alpha value is -1.86. The number of alkyl halides is 3. The number of rotatable bonds is 5. The Balaban J connectivity index is 1.52. The van der Waals surface area contributed by atoms with E-state index in [0.717, 1.165) is 36.9 Å². The van der Waals surface area contributed by atoms with Gasteiger partial charge in [-0.1, -0.05) is 28.1 Å². The molecule has 7 heteroatoms. The molecule has 0 N–H and O–H groups in total. The summed E-state index contributed by atoms with van der Waals surface area (Å²) in [6.45, 7) is 2.49. The van der Waals surface area contributed by atoms with Crippen molar-refractivity contribution in [3.05, 3.63) is 64.1 Å². The molecule has 0 amide bonds. The minimum atomic E-state index is -4.73. The third kappa shape index (κ3) is 5.81. The second-order valence-corrected chi connectivity index (χ2v) is 7.53. The number of piperidine rings is 1. The number of halogens is 4. The van der Waals surface area contributed by atoms with E-state index in [0.29, 0.717) is 5.56 Å². The Bertz CT molecular complexity index is 767. The van der Waals surface area contributed by atoms with Crippen molar-refractivity contribution in [2.75, 3.05) is 13.1 Å². The number of carbonyl (C=O) groups excluding carboxylic acids is 1. The summed E-state index contributed by atoms with van der Waals surface area (Å²) >= 11 is 3.42. The maximum absolute atomic E-state index is 12.6. The average molecular weight is 442 g/mol. The number of Topliss-reactive ketones (excluding diaryl/α,β-unsaturated/α-hetero) is 1. The Labute approximate surface area is 164 Å². The number of hydrogen-bond acceptors (Lipinski definition) is 3. The van der Waals surface area contributed by atoms with E-state index in [-0.39, 0.29) is 17.5 Å². The molecule has 3 rings (SSSR count). The van der Waals surface area contributed by atoms with Gasteiger partial charge in [0.25, 0.3) is 0 Å². The summed E-state index contributed by atoms with van der Waals surface area (Å²) in [6.07, 6.45) is -3.24. The smallest absolute Gasteiger partial charge is 0.406 e. The number of ketones is 1. The van der Waals surface area contributed by atoms with Crippen LogP contribution in [0.2, 0.25) is 0 Å². The van der Waals surface area contributed by atoms with Crippen LogP contribution >= 0.6 is 15.9 Å². The molecule has 2 aromatic carbocycles. The van der Waals surface area contributed by atoms with Gasteiger partial charge in [-0.2, -0.15) is 0 Å². The molecule has 1 aliphatic rings. The number of carbonyl (C=O) groups is 1. The average Bonchev–Trinajstić information content (AvgIpc) is 2.63. The van der Waals surface area contributed by atoms with Gasteiger partial charge in [-0.15, -0.1) is 13.2 Å². The maximum Gasteiger partial charge on any atom is 0.573 e. The number of ether oxygens (including phenoxy) is 1. The van der Waals surface area contributed by atoms with Crippen LogP contribution in [0.1, 0.15) is 28.8 Å². The van der Waals surface area contributed by atoms with Gasteiger partial charge in [-0.05, 0) is 67.9 Å². The molecule has 0 bridgehead atoms. The van der Waals surface area contributed by atoms with Crippen molar-refractivity contribution < 1.29 is 22.7 Å². The predicted octanol–water partition coefficient (Wildman–Crippen LogP) is 5.44. The normalized spacial score (nSPS) is 16.3. The molecule has 0 radical (unpaired) electrons. The minimum absolute atomic E-state index is 0.0168. The molecule has 1 saturated heterocycles. The van der Waals surface area contributed by atoms with E-state index in [2.05, 4.69) is 37.7 Å². The summed E-state index contributed by atoms with van der Waals surface area (Å²) < 4.78 is 41.5. The van der Waals surface area contributed by atoms with Crippen LogP contribution in [0.3, 0.4) is 0 Å². The fourth-order valence-electron chi connectivity index (χ4n) is 3.26. The molecule has 27 heavy (non-hydrogen) atoms. The van der Waals surface area contributed by atoms with Crippen molar-refractivity contribution in [2.45, 2.75) is 25.7 Å². The predicted molar refractivity (Wildman–Crippen MR) is 99.6 cm³/mol. The third-order valence-corrected chi connectivity index (χ3v) is 5.18. The van der Waals surface area contributed by atoms with Crippen LogP contribution in [0.25, 0.3) is 0 Å². The van der Waals surface area contributed by atoms with Gasteiger partial charge in [0.05, 0.1) is 0 Å². The fourth-order valence-corrected chi connectivity index (χ4v) is 3.52. The molecule has 144 valence electrons. The highest BCUT2D eigenvalue weighted by molar-refractivity contribution is 9.10. The van der Waals surface area contributed by atoms with Gasteiger partial charge < -0.3 is 4.74 Å². The largest absolute Gasteiger partial charge is 0.573 e. The SMILES string of the molecule is O=C(c1ccc(OC(F)(F)F)cc1)C1CCN(Cc2ccc(Br)cc2)CC1. The number of hydrogen-bond donors (Lipinski definition) is 0. The molecule has 0 unspecified atom stereocenters. The lowest BCUT2D eigenvalue weighted by molar-refractivity contribution is -0.274. The zero-order valence-electron chi connectivity index (χ0n) is 14.5. The standard InChI is InChI=1S/C20H19BrF3NO2/c21-17-5-1-14(2-6-17)13-25-11-9-16(10-12-25)19(26)15-3-7-18(8-4-15)27-20(22,23)24/h1-8,16H,9-13H2. The number of nitrogens with zero attached hydrogens (tertiary/aromatic N) is 1. The molecule has 0 atom stereocenters. The first kappa shape index (κ1) is 19.9. The van der Waals surface area contributed by atoms with Crippen molar-refractivity contribution in [2.24, 2.45) is 5.92 Å². The van der Waals surface area contributed by atoms with Crippen molar-refractivity contribution in [3.8, 4) is 5.75 Å². The van der Waals surface area contributed by atoms with Crippen molar-refractivity contribution in [1.82, 2.24) is 4.90 Å². The highest BCUT2D eigenvalue weighted by Crippen LogP contribution is 2.26. The van der Waals surface area contributed by atoms with Crippen LogP contribution in [0, 0.1) is 5.92 Å². The quantitative estimate of drug-likeness (QED) is 0.578. The maximum atomic E-state index is 12.6. The van der Waals surface area contributed by atoms with E-state index in [1.165, 1.54) is 29.8 Å². The zero-order chi connectivity index (χ0) is 19.4. The molecule has 1 aliphatic heterocycles. The molecule has 1 fully saturated rings. The lowest BCUT2D eigenvalue weighted by atomic mass is 9.88. The van der Waals surface area contributed by atoms with Gasteiger partial charge in [0.2, 0.25) is 0 Å². The van der Waals surface area contributed by atoms with Crippen LogP contribution in [-0.2, 0) is 6.54 Å². The Kier molecular flexibility index (Phi) is 6.22. The molecule has 2 aromatic rings. The fraction of sp³-hybridized carbons (Fsp3) is 0.350. The second-order valence-electron chi connectivity index (χ2n) is 6.61. The van der Waals surface area contributed by atoms with E-state index in [4.69, 9.17) is 0 Å². The van der Waals surface area contributed by atoms with Crippen molar-refractivity contribution in [3.63, 3.8) is 0 Å². The van der Waals surface area contributed by atoms with Crippen LogP contribution < -0.4 is 4.74 Å². The molecular formula is C20H19BrF3NO2. The first-order chi connectivity index (χ1) is 12.8. The van der Waals surface area contributed by atoms with E-state index < -0.39 is 6.36 Å². The van der Waals surface area contributed by atoms with Gasteiger partial charge in [-0.25, -0.2) is 0 Å². The van der Waals surface area contributed by atoms with Crippen molar-refractivity contribution >= 4 is 21.7 Å². The molecule has 0 saturated carbocycles. The van der Waals surface area contributed by atoms with Crippen LogP contribution in [0.15, 0.2) is 53.0 Å². The number of benzene rings is 2. The highest BCUT2D eigenvalue weighted by Gasteiger charge is 2.31. The van der Waals surface area contributed by atoms with Crippen LogP contribution in [-0.4, -0.2) is 30.1 Å². The van der Waals surface area contributed by atoms with Crippen LogP contribution in [0.5, 0.6) is 5.75 Å². The summed E-state index contributed by atoms with van der Waals surface area (Å²) in [5.74, 6) is -0.430. The number of likely N-dealkylation sites (tertiary alicyclic amines) is 1. The van der Waals surface area contributed by atoms with E-state index in [1.54, 1.807) is 0 Å². The summed E-state index contributed by atoms with van der Waals surface area (Å²) in [4.78, 5) is 14.9. The van der Waals surface area contributed by atoms with E-state index in [9.17, 15) is 18.0 Å². The Morgan fingerprint density at radius 1 is 1.04 bits per heavy atom. The Morgan fingerprint density at radius 3 is 2.19 bits per heavy atom. The molecular weight excluding hydrogens is 423 g/mol. The third-order valence-electron chi connectivity index (χ3n) is 4.65. The second kappa shape index (κ2) is 8.44. The van der Waals surface area contributed by atoms with Gasteiger partial charge in [0.15, 0.2) is 5.78 Å². The van der Waals surface area contributed by atoms with Gasteiger partial charge >= 0.3 is 6.36 Å². The van der Waals surface area contributed by atoms with Crippen LogP contribution in [0.4, 0.5) is 13.2 Å². The first-order valence-electron chi connectivity index (χ1n) is 8.67. The lowest BCUT2D eigenvalue weighted by Crippen LogP contribution is -2.35. The summed E-state index contributed by atoms with van der Waals surface area (Å²) in [6, 6.07) is 13.3. The topological polar surface area (TPSA) is 29.5 Å². The summed E-state index contributed by atoms with van der Waals surface area (Å²) in [5, 5.41) is 0. The van der Waals surface area contributed by atoms with E-state index in [1.807, 2.05) is 12.1 Å². The molecule has 0 spiro atoms. The van der Waals surface area contributed by atoms with Crippen molar-refractivity contribution in [1.29, 1.82) is 0 Å². The summed E-state index contributed by atoms with van der Waals surface area (Å²) in [5.41, 5.74) is 1.65. The zero-order valence-corrected chi connectivity index (χ0v) is 16.1. The van der Waals surface area contributed by atoms with E-state index >= 15 is 0 Å². The molecule has 1 heterocycles. The van der Waals surface area contributed by atoms with Gasteiger partial charge in [0.1, 0.15) is 5.75 Å². The van der Waals surface area contributed by atoms with Gasteiger partial charge in [0, 0.05) is 22.5 Å². The summed E-state index contributed by atoms with van der Waals surface area (Å²) in [7, 11) is 0. The molecule has 0 aliphatic carbocycles. The molecule has 0 aromatic heterocycles. The highest BCUT2D eigenvalue weighted by atomic mass is 79.9. The molecule has 3 nitrogen and oxygen atoms in total. The first-order valence-corrected chi connectivity index (χ1v) is 9.46. The lowest BCUT2D eigenvalue weighted by Gasteiger charge is -2.31. The van der Waals surface area contributed by atoms with Gasteiger partial charge in [-0.3, -0.25) is 9.69 Å².